The molecule has 0 bridgehead atoms. The third-order valence-electron chi connectivity index (χ3n) is 2.83. The van der Waals surface area contributed by atoms with Crippen molar-refractivity contribution in [3.63, 3.8) is 0 Å². The molecule has 0 radical (unpaired) electrons. The standard InChI is InChI=1S/C12H21NS/c1-4-10(5-2)13-11-7-8-12(9-11)14-6-3/h1,10-13H,5-9H2,2-3H3. The Kier molecular flexibility index (Phi) is 5.44. The Morgan fingerprint density at radius 2 is 2.29 bits per heavy atom. The van der Waals surface area contributed by atoms with E-state index in [1.54, 1.807) is 0 Å². The molecule has 80 valence electrons. The van der Waals surface area contributed by atoms with Crippen LogP contribution in [0.2, 0.25) is 0 Å². The van der Waals surface area contributed by atoms with Crippen molar-refractivity contribution in [3.8, 4) is 12.3 Å². The molecule has 0 aromatic heterocycles. The van der Waals surface area contributed by atoms with E-state index in [2.05, 4.69) is 36.8 Å². The number of thioether (sulfide) groups is 1. The van der Waals surface area contributed by atoms with Gasteiger partial charge in [-0.15, -0.1) is 6.42 Å². The van der Waals surface area contributed by atoms with Crippen molar-refractivity contribution in [1.82, 2.24) is 5.32 Å². The summed E-state index contributed by atoms with van der Waals surface area (Å²) < 4.78 is 0. The van der Waals surface area contributed by atoms with E-state index >= 15 is 0 Å². The second-order valence-electron chi connectivity index (χ2n) is 3.88. The number of rotatable bonds is 5. The lowest BCUT2D eigenvalue weighted by atomic mass is 10.2. The predicted octanol–water partition coefficient (Wildman–Crippen LogP) is 2.66. The lowest BCUT2D eigenvalue weighted by molar-refractivity contribution is 0.478. The Labute approximate surface area is 92.4 Å². The van der Waals surface area contributed by atoms with Crippen LogP contribution >= 0.6 is 11.8 Å². The molecule has 14 heavy (non-hydrogen) atoms. The largest absolute Gasteiger partial charge is 0.301 e. The number of hydrogen-bond acceptors (Lipinski definition) is 2. The van der Waals surface area contributed by atoms with Gasteiger partial charge in [0.2, 0.25) is 0 Å². The van der Waals surface area contributed by atoms with Gasteiger partial charge in [-0.25, -0.2) is 0 Å². The van der Waals surface area contributed by atoms with Crippen LogP contribution < -0.4 is 5.32 Å². The molecule has 0 heterocycles. The minimum Gasteiger partial charge on any atom is -0.301 e. The zero-order valence-electron chi connectivity index (χ0n) is 9.25. The number of nitrogens with one attached hydrogen (secondary N) is 1. The Morgan fingerprint density at radius 3 is 2.86 bits per heavy atom. The molecule has 1 N–H and O–H groups in total. The molecule has 1 saturated carbocycles. The minimum atomic E-state index is 0.283. The molecule has 0 saturated heterocycles. The highest BCUT2D eigenvalue weighted by molar-refractivity contribution is 7.99. The first-order valence-corrected chi connectivity index (χ1v) is 6.68. The maximum Gasteiger partial charge on any atom is 0.0686 e. The van der Waals surface area contributed by atoms with Crippen LogP contribution in [0.1, 0.15) is 39.5 Å². The van der Waals surface area contributed by atoms with E-state index in [1.165, 1.54) is 25.0 Å². The highest BCUT2D eigenvalue weighted by Crippen LogP contribution is 2.29. The highest BCUT2D eigenvalue weighted by Gasteiger charge is 2.25. The molecule has 0 aromatic carbocycles. The lowest BCUT2D eigenvalue weighted by Crippen LogP contribution is -2.35. The molecule has 0 aromatic rings. The number of terminal acetylenes is 1. The molecule has 1 rings (SSSR count). The maximum absolute atomic E-state index is 5.44. The highest BCUT2D eigenvalue weighted by atomic mass is 32.2. The van der Waals surface area contributed by atoms with E-state index in [-0.39, 0.29) is 6.04 Å². The summed E-state index contributed by atoms with van der Waals surface area (Å²) in [6, 6.07) is 0.949. The Morgan fingerprint density at radius 1 is 1.50 bits per heavy atom. The molecule has 0 spiro atoms. The van der Waals surface area contributed by atoms with Crippen LogP contribution in [-0.4, -0.2) is 23.1 Å². The van der Waals surface area contributed by atoms with Crippen LogP contribution in [0.4, 0.5) is 0 Å². The third-order valence-corrected chi connectivity index (χ3v) is 4.07. The minimum absolute atomic E-state index is 0.283. The Balaban J connectivity index is 2.25. The first kappa shape index (κ1) is 11.9. The fraction of sp³-hybridized carbons (Fsp3) is 0.833. The second-order valence-corrected chi connectivity index (χ2v) is 5.46. The van der Waals surface area contributed by atoms with Gasteiger partial charge in [0.15, 0.2) is 0 Å². The molecular formula is C12H21NS. The smallest absolute Gasteiger partial charge is 0.0686 e. The van der Waals surface area contributed by atoms with Gasteiger partial charge in [0.25, 0.3) is 0 Å². The van der Waals surface area contributed by atoms with Gasteiger partial charge in [-0.2, -0.15) is 11.8 Å². The maximum atomic E-state index is 5.44. The monoisotopic (exact) mass is 211 g/mol. The predicted molar refractivity (Wildman–Crippen MR) is 65.6 cm³/mol. The van der Waals surface area contributed by atoms with Crippen molar-refractivity contribution in [2.45, 2.75) is 56.9 Å². The SMILES string of the molecule is C#CC(CC)NC1CCC(SCC)C1. The van der Waals surface area contributed by atoms with Crippen LogP contribution in [0.5, 0.6) is 0 Å². The fourth-order valence-electron chi connectivity index (χ4n) is 2.05. The van der Waals surface area contributed by atoms with Gasteiger partial charge >= 0.3 is 0 Å². The van der Waals surface area contributed by atoms with E-state index in [1.807, 2.05) is 0 Å². The summed E-state index contributed by atoms with van der Waals surface area (Å²) in [4.78, 5) is 0. The summed E-state index contributed by atoms with van der Waals surface area (Å²) in [5.41, 5.74) is 0. The molecule has 3 atom stereocenters. The summed E-state index contributed by atoms with van der Waals surface area (Å²) in [5, 5.41) is 4.42. The van der Waals surface area contributed by atoms with Crippen molar-refractivity contribution in [1.29, 1.82) is 0 Å². The van der Waals surface area contributed by atoms with Crippen LogP contribution in [0.3, 0.4) is 0 Å². The second kappa shape index (κ2) is 6.37. The Bertz CT molecular complexity index is 197. The van der Waals surface area contributed by atoms with Crippen LogP contribution in [0.15, 0.2) is 0 Å². The summed E-state index contributed by atoms with van der Waals surface area (Å²) in [6.45, 7) is 4.38. The molecular weight excluding hydrogens is 190 g/mol. The van der Waals surface area contributed by atoms with Crippen molar-refractivity contribution in [2.75, 3.05) is 5.75 Å². The summed E-state index contributed by atoms with van der Waals surface area (Å²) in [7, 11) is 0. The van der Waals surface area contributed by atoms with E-state index in [0.29, 0.717) is 6.04 Å². The van der Waals surface area contributed by atoms with Gasteiger partial charge in [-0.1, -0.05) is 19.8 Å². The molecule has 1 nitrogen and oxygen atoms in total. The van der Waals surface area contributed by atoms with Crippen molar-refractivity contribution in [3.05, 3.63) is 0 Å². The van der Waals surface area contributed by atoms with Gasteiger partial charge in [-0.3, -0.25) is 0 Å². The van der Waals surface area contributed by atoms with Crippen LogP contribution in [0.25, 0.3) is 0 Å². The molecule has 3 unspecified atom stereocenters. The zero-order chi connectivity index (χ0) is 10.4. The van der Waals surface area contributed by atoms with Crippen molar-refractivity contribution >= 4 is 11.8 Å². The van der Waals surface area contributed by atoms with Gasteiger partial charge in [0, 0.05) is 11.3 Å². The molecule has 1 aliphatic carbocycles. The van der Waals surface area contributed by atoms with Crippen molar-refractivity contribution < 1.29 is 0 Å². The van der Waals surface area contributed by atoms with Crippen molar-refractivity contribution in [2.24, 2.45) is 0 Å². The summed E-state index contributed by atoms with van der Waals surface area (Å²) >= 11 is 2.09. The van der Waals surface area contributed by atoms with Gasteiger partial charge < -0.3 is 5.32 Å². The molecule has 0 amide bonds. The van der Waals surface area contributed by atoms with E-state index in [9.17, 15) is 0 Å². The van der Waals surface area contributed by atoms with Crippen LogP contribution in [-0.2, 0) is 0 Å². The normalized spacial score (nSPS) is 28.6. The summed E-state index contributed by atoms with van der Waals surface area (Å²) in [6.07, 6.45) is 10.4. The van der Waals surface area contributed by atoms with E-state index < -0.39 is 0 Å². The van der Waals surface area contributed by atoms with E-state index in [4.69, 9.17) is 6.42 Å². The molecule has 2 heteroatoms. The summed E-state index contributed by atoms with van der Waals surface area (Å²) in [5.74, 6) is 4.05. The average molecular weight is 211 g/mol. The topological polar surface area (TPSA) is 12.0 Å². The number of hydrogen-bond donors (Lipinski definition) is 1. The lowest BCUT2D eigenvalue weighted by Gasteiger charge is -2.17. The molecule has 1 aliphatic rings. The van der Waals surface area contributed by atoms with E-state index in [0.717, 1.165) is 11.7 Å². The van der Waals surface area contributed by atoms with Gasteiger partial charge in [0.1, 0.15) is 0 Å². The molecule has 0 aliphatic heterocycles. The van der Waals surface area contributed by atoms with Gasteiger partial charge in [-0.05, 0) is 31.4 Å². The van der Waals surface area contributed by atoms with Gasteiger partial charge in [0.05, 0.1) is 6.04 Å². The first-order valence-electron chi connectivity index (χ1n) is 5.63. The fourth-order valence-corrected chi connectivity index (χ4v) is 3.19. The quantitative estimate of drug-likeness (QED) is 0.702. The van der Waals surface area contributed by atoms with Crippen LogP contribution in [0, 0.1) is 12.3 Å². The average Bonchev–Trinajstić information content (AvgIpc) is 2.63. The first-order chi connectivity index (χ1) is 6.80. The Hall–Kier alpha value is -0.130. The molecule has 1 fully saturated rings. The zero-order valence-corrected chi connectivity index (χ0v) is 10.1. The third kappa shape index (κ3) is 3.55.